The highest BCUT2D eigenvalue weighted by molar-refractivity contribution is 5.73. The van der Waals surface area contributed by atoms with E-state index in [1.807, 2.05) is 27.7 Å². The molecule has 0 radical (unpaired) electrons. The molecule has 0 saturated carbocycles. The summed E-state index contributed by atoms with van der Waals surface area (Å²) in [6.45, 7) is 28.7. The average molecular weight is 584 g/mol. The third-order valence-corrected chi connectivity index (χ3v) is 6.95. The number of nitrogens with two attached hydrogens (primary N) is 1. The Hall–Kier alpha value is -2.43. The van der Waals surface area contributed by atoms with Crippen molar-refractivity contribution < 1.29 is 4.39 Å². The number of benzene rings is 1. The van der Waals surface area contributed by atoms with Gasteiger partial charge in [0, 0.05) is 19.6 Å². The lowest BCUT2D eigenvalue weighted by molar-refractivity contribution is 0.0943. The first kappa shape index (κ1) is 41.7. The molecule has 42 heavy (non-hydrogen) atoms. The van der Waals surface area contributed by atoms with Crippen molar-refractivity contribution in [1.82, 2.24) is 9.80 Å². The zero-order valence-electron chi connectivity index (χ0n) is 28.7. The molecule has 2 aliphatic rings. The Kier molecular flexibility index (Phi) is 26.0. The second-order valence-corrected chi connectivity index (χ2v) is 11.3. The van der Waals surface area contributed by atoms with E-state index in [0.29, 0.717) is 6.54 Å². The Morgan fingerprint density at radius 2 is 1.48 bits per heavy atom. The number of hydrogen-bond donors (Lipinski definition) is 1. The Morgan fingerprint density at radius 1 is 0.976 bits per heavy atom. The number of rotatable bonds is 9. The van der Waals surface area contributed by atoms with Crippen molar-refractivity contribution in [2.75, 3.05) is 39.8 Å². The van der Waals surface area contributed by atoms with Crippen LogP contribution >= 0.6 is 0 Å². The number of nitrogens with zero attached hydrogens (tertiary/aromatic N) is 2. The van der Waals surface area contributed by atoms with Crippen LogP contribution in [-0.2, 0) is 6.42 Å². The first-order valence-corrected chi connectivity index (χ1v) is 16.1. The van der Waals surface area contributed by atoms with Gasteiger partial charge in [0.15, 0.2) is 0 Å². The summed E-state index contributed by atoms with van der Waals surface area (Å²) in [4.78, 5) is 4.74. The molecule has 1 aromatic rings. The van der Waals surface area contributed by atoms with E-state index in [-0.39, 0.29) is 0 Å². The molecule has 240 valence electrons. The maximum atomic E-state index is 13.8. The normalized spacial score (nSPS) is 15.9. The van der Waals surface area contributed by atoms with Crippen molar-refractivity contribution in [3.8, 4) is 0 Å². The van der Waals surface area contributed by atoms with E-state index in [0.717, 1.165) is 31.0 Å². The number of halogens is 1. The minimum atomic E-state index is -1.08. The molecule has 0 aliphatic carbocycles. The summed E-state index contributed by atoms with van der Waals surface area (Å²) in [6.07, 6.45) is 19.0. The van der Waals surface area contributed by atoms with E-state index in [1.54, 1.807) is 26.0 Å². The fraction of sp³-hybridized carbons (Fsp3) is 0.579. The number of aryl methyl sites for hydroxylation is 1. The van der Waals surface area contributed by atoms with Crippen LogP contribution in [0, 0.1) is 5.92 Å². The SMILES string of the molecule is C/C=C(\C=C/N1CCCCC1)c1ccc(CCC2CCN(CC(C)(C)F)CC2)cc1.C=CC.C=CC(=C)C.CC.CN. The monoisotopic (exact) mass is 584 g/mol. The first-order chi connectivity index (χ1) is 20.1. The van der Waals surface area contributed by atoms with Crippen LogP contribution in [0.1, 0.15) is 98.1 Å². The highest BCUT2D eigenvalue weighted by atomic mass is 19.1. The number of piperidine rings is 2. The van der Waals surface area contributed by atoms with Gasteiger partial charge in [0.25, 0.3) is 0 Å². The molecule has 0 unspecified atom stereocenters. The van der Waals surface area contributed by atoms with E-state index in [1.165, 1.54) is 75.4 Å². The van der Waals surface area contributed by atoms with Crippen molar-refractivity contribution >= 4 is 5.57 Å². The van der Waals surface area contributed by atoms with E-state index in [2.05, 4.69) is 84.8 Å². The van der Waals surface area contributed by atoms with E-state index in [4.69, 9.17) is 0 Å². The van der Waals surface area contributed by atoms with Gasteiger partial charge in [-0.25, -0.2) is 4.39 Å². The molecule has 0 aromatic heterocycles. The molecule has 1 aromatic carbocycles. The molecule has 0 amide bonds. The van der Waals surface area contributed by atoms with E-state index in [9.17, 15) is 4.39 Å². The van der Waals surface area contributed by atoms with Crippen molar-refractivity contribution in [2.24, 2.45) is 11.7 Å². The molecular formula is C38H66FN3. The average Bonchev–Trinajstić information content (AvgIpc) is 3.00. The van der Waals surface area contributed by atoms with Crippen LogP contribution in [0.3, 0.4) is 0 Å². The van der Waals surface area contributed by atoms with Crippen molar-refractivity contribution in [1.29, 1.82) is 0 Å². The summed E-state index contributed by atoms with van der Waals surface area (Å²) < 4.78 is 13.8. The van der Waals surface area contributed by atoms with Gasteiger partial charge in [-0.05, 0) is 135 Å². The predicted molar refractivity (Wildman–Crippen MR) is 190 cm³/mol. The van der Waals surface area contributed by atoms with Crippen LogP contribution in [0.4, 0.5) is 4.39 Å². The van der Waals surface area contributed by atoms with Gasteiger partial charge in [-0.3, -0.25) is 0 Å². The van der Waals surface area contributed by atoms with Crippen molar-refractivity contribution in [3.05, 3.63) is 91.2 Å². The lowest BCUT2D eigenvalue weighted by Gasteiger charge is -2.34. The van der Waals surface area contributed by atoms with Gasteiger partial charge in [0.1, 0.15) is 5.67 Å². The third-order valence-electron chi connectivity index (χ3n) is 6.95. The van der Waals surface area contributed by atoms with Crippen LogP contribution in [0.5, 0.6) is 0 Å². The standard InChI is InChI=1S/C27H41FN2.C5H8.C3H6.C2H6.CH5N/c1-4-25(16-21-29-17-6-5-7-18-29)26-12-10-23(11-13-26)8-9-24-14-19-30(20-15-24)22-27(2,3)28;1-4-5(2)3;1-3-2;2*1-2/h4,10-13,16,21,24H,5-9,14-15,17-20,22H2,1-3H3;4H,1-2H2,3H3;3H,1H2,2H3;1-2H3;2H2,1H3/b21-16-,25-4+;;;;. The number of likely N-dealkylation sites (tertiary alicyclic amines) is 2. The molecule has 2 aliphatic heterocycles. The molecule has 0 atom stereocenters. The molecule has 2 N–H and O–H groups in total. The minimum absolute atomic E-state index is 0.570. The summed E-state index contributed by atoms with van der Waals surface area (Å²) in [5.74, 6) is 0.780. The number of allylic oxidation sites excluding steroid dienone is 6. The summed E-state index contributed by atoms with van der Waals surface area (Å²) in [7, 11) is 1.50. The molecular weight excluding hydrogens is 517 g/mol. The Labute approximate surface area is 261 Å². The molecule has 2 heterocycles. The Bertz CT molecular complexity index is 863. The second kappa shape index (κ2) is 26.2. The molecule has 2 saturated heterocycles. The minimum Gasteiger partial charge on any atom is -0.377 e. The van der Waals surface area contributed by atoms with Gasteiger partial charge in [-0.2, -0.15) is 0 Å². The summed E-state index contributed by atoms with van der Waals surface area (Å²) in [5, 5.41) is 0. The zero-order valence-corrected chi connectivity index (χ0v) is 28.7. The maximum absolute atomic E-state index is 13.8. The summed E-state index contributed by atoms with van der Waals surface area (Å²) >= 11 is 0. The molecule has 3 nitrogen and oxygen atoms in total. The second-order valence-electron chi connectivity index (χ2n) is 11.3. The van der Waals surface area contributed by atoms with Crippen molar-refractivity contribution in [3.63, 3.8) is 0 Å². The number of hydrogen-bond acceptors (Lipinski definition) is 3. The number of alkyl halides is 1. The summed E-state index contributed by atoms with van der Waals surface area (Å²) in [5.41, 5.74) is 8.47. The Morgan fingerprint density at radius 3 is 1.90 bits per heavy atom. The van der Waals surface area contributed by atoms with Crippen LogP contribution in [0.2, 0.25) is 0 Å². The maximum Gasteiger partial charge on any atom is 0.118 e. The van der Waals surface area contributed by atoms with Crippen LogP contribution in [-0.4, -0.2) is 55.2 Å². The molecule has 3 rings (SSSR count). The van der Waals surface area contributed by atoms with Gasteiger partial charge >= 0.3 is 0 Å². The summed E-state index contributed by atoms with van der Waals surface area (Å²) in [6, 6.07) is 9.15. The van der Waals surface area contributed by atoms with Crippen LogP contribution < -0.4 is 5.73 Å². The van der Waals surface area contributed by atoms with Gasteiger partial charge < -0.3 is 15.5 Å². The first-order valence-electron chi connectivity index (χ1n) is 16.1. The molecule has 4 heteroatoms. The fourth-order valence-electron chi connectivity index (χ4n) is 4.81. The lowest BCUT2D eigenvalue weighted by Crippen LogP contribution is -2.41. The van der Waals surface area contributed by atoms with Gasteiger partial charge in [0.05, 0.1) is 0 Å². The van der Waals surface area contributed by atoms with Crippen molar-refractivity contribution in [2.45, 2.75) is 99.1 Å². The quantitative estimate of drug-likeness (QED) is 0.232. The fourth-order valence-corrected chi connectivity index (χ4v) is 4.81. The van der Waals surface area contributed by atoms with Gasteiger partial charge in [0.2, 0.25) is 0 Å². The zero-order chi connectivity index (χ0) is 32.4. The van der Waals surface area contributed by atoms with E-state index >= 15 is 0 Å². The largest absolute Gasteiger partial charge is 0.377 e. The van der Waals surface area contributed by atoms with Gasteiger partial charge in [-0.1, -0.05) is 75.1 Å². The Balaban J connectivity index is 0. The molecule has 0 spiro atoms. The molecule has 2 fully saturated rings. The van der Waals surface area contributed by atoms with Gasteiger partial charge in [-0.15, -0.1) is 6.58 Å². The smallest absolute Gasteiger partial charge is 0.118 e. The highest BCUT2D eigenvalue weighted by Crippen LogP contribution is 2.25. The van der Waals surface area contributed by atoms with Crippen LogP contribution in [0.15, 0.2) is 80.1 Å². The predicted octanol–water partition coefficient (Wildman–Crippen LogP) is 10.0. The highest BCUT2D eigenvalue weighted by Gasteiger charge is 2.25. The van der Waals surface area contributed by atoms with Crippen LogP contribution in [0.25, 0.3) is 5.57 Å². The topological polar surface area (TPSA) is 32.5 Å². The molecule has 0 bridgehead atoms. The lowest BCUT2D eigenvalue weighted by atomic mass is 9.90. The van der Waals surface area contributed by atoms with E-state index < -0.39 is 5.67 Å². The third kappa shape index (κ3) is 21.3.